The van der Waals surface area contributed by atoms with E-state index >= 15 is 0 Å². The molecule has 0 amide bonds. The third-order valence-corrected chi connectivity index (χ3v) is 6.29. The summed E-state index contributed by atoms with van der Waals surface area (Å²) in [5, 5.41) is 10.5. The van der Waals surface area contributed by atoms with E-state index in [0.717, 1.165) is 30.3 Å². The quantitative estimate of drug-likeness (QED) is 0.259. The molecule has 9 nitrogen and oxygen atoms in total. The Balaban J connectivity index is 0.00000364. The molecule has 0 radical (unpaired) electrons. The Hall–Kier alpha value is -0.680. The van der Waals surface area contributed by atoms with E-state index in [1.165, 1.54) is 12.1 Å². The van der Waals surface area contributed by atoms with Crippen molar-refractivity contribution in [2.45, 2.75) is 4.90 Å². The van der Waals surface area contributed by atoms with Crippen molar-refractivity contribution in [2.24, 2.45) is 0 Å². The van der Waals surface area contributed by atoms with Crippen molar-refractivity contribution >= 4 is 46.5 Å². The van der Waals surface area contributed by atoms with Gasteiger partial charge in [-0.05, 0) is 30.3 Å². The monoisotopic (exact) mass is 462 g/mol. The van der Waals surface area contributed by atoms with E-state index in [9.17, 15) is 28.0 Å². The predicted molar refractivity (Wildman–Crippen MR) is 93.0 cm³/mol. The Morgan fingerprint density at radius 1 is 1.15 bits per heavy atom. The van der Waals surface area contributed by atoms with Gasteiger partial charge in [-0.3, -0.25) is 14.7 Å². The summed E-state index contributed by atoms with van der Waals surface area (Å²) in [6.45, 7) is 0. The van der Waals surface area contributed by atoms with Crippen molar-refractivity contribution in [2.75, 3.05) is 6.29 Å². The number of nitrogens with one attached hydrogen (secondary N) is 1. The Bertz CT molecular complexity index is 989. The first kappa shape index (κ1) is 24.4. The Morgan fingerprint density at radius 2 is 1.74 bits per heavy atom. The normalized spacial score (nSPS) is 13.3. The number of nitrogens with zero attached hydrogens (tertiary/aromatic N) is 1. The van der Waals surface area contributed by atoms with Crippen LogP contribution in [0.2, 0.25) is 10.0 Å². The number of halogens is 2. The van der Waals surface area contributed by atoms with Crippen LogP contribution in [0.3, 0.4) is 0 Å². The molecule has 1 unspecified atom stereocenters. The van der Waals surface area contributed by atoms with E-state index in [0.29, 0.717) is 0 Å². The van der Waals surface area contributed by atoms with Gasteiger partial charge in [0.05, 0.1) is 16.2 Å². The van der Waals surface area contributed by atoms with Gasteiger partial charge in [-0.15, -0.1) is 0 Å². The van der Waals surface area contributed by atoms with Crippen LogP contribution in [0, 0.1) is 10.1 Å². The third kappa shape index (κ3) is 7.01. The van der Waals surface area contributed by atoms with Crippen LogP contribution >= 0.6 is 30.8 Å². The fraction of sp³-hybridized carbons (Fsp3) is 0.0769. The van der Waals surface area contributed by atoms with Gasteiger partial charge in [0, 0.05) is 17.2 Å². The van der Waals surface area contributed by atoms with Crippen molar-refractivity contribution in [3.8, 4) is 5.75 Å². The largest absolute Gasteiger partial charge is 1.00 e. The van der Waals surface area contributed by atoms with Gasteiger partial charge in [-0.25, -0.2) is 13.1 Å². The van der Waals surface area contributed by atoms with E-state index in [2.05, 4.69) is 0 Å². The summed E-state index contributed by atoms with van der Waals surface area (Å²) < 4.78 is 42.9. The molecule has 1 atom stereocenters. The SMILES string of the molecule is O=[N+]([O-])c1ccc(OP(=O)([O-])CNS(=O)(=O)c2cc(Cl)ccc2Cl)cc1.[Na+]. The molecule has 140 valence electrons. The van der Waals surface area contributed by atoms with Crippen molar-refractivity contribution in [3.05, 3.63) is 62.6 Å². The summed E-state index contributed by atoms with van der Waals surface area (Å²) >= 11 is 11.5. The summed E-state index contributed by atoms with van der Waals surface area (Å²) in [6, 6.07) is 7.94. The first-order valence-electron chi connectivity index (χ1n) is 6.69. The fourth-order valence-electron chi connectivity index (χ4n) is 1.75. The standard InChI is InChI=1S/C13H11Cl2N2O7PS.Na/c14-9-1-6-12(15)13(7-9)26(22,23)16-8-25(20,21)24-11-4-2-10(3-5-11)17(18)19;/h1-7,16H,8H2,(H,20,21);/q;+1/p-1. The van der Waals surface area contributed by atoms with Crippen molar-refractivity contribution < 1.29 is 56.9 Å². The molecule has 0 heterocycles. The number of hydrogen-bond acceptors (Lipinski definition) is 7. The number of sulfonamides is 1. The Kier molecular flexibility index (Phi) is 8.74. The summed E-state index contributed by atoms with van der Waals surface area (Å²) in [5.74, 6) is -0.200. The van der Waals surface area contributed by atoms with Gasteiger partial charge in [-0.2, -0.15) is 0 Å². The van der Waals surface area contributed by atoms with Crippen LogP contribution in [0.4, 0.5) is 5.69 Å². The van der Waals surface area contributed by atoms with E-state index in [1.807, 2.05) is 4.72 Å². The number of benzene rings is 2. The topological polar surface area (TPSA) is 139 Å². The molecule has 0 fully saturated rings. The van der Waals surface area contributed by atoms with Gasteiger partial charge in [0.25, 0.3) is 5.69 Å². The van der Waals surface area contributed by atoms with E-state index in [4.69, 9.17) is 27.7 Å². The zero-order chi connectivity index (χ0) is 19.5. The number of hydrogen-bond donors (Lipinski definition) is 1. The van der Waals surface area contributed by atoms with Crippen LogP contribution in [-0.4, -0.2) is 19.6 Å². The zero-order valence-electron chi connectivity index (χ0n) is 13.7. The second kappa shape index (κ2) is 9.69. The molecule has 1 N–H and O–H groups in total. The van der Waals surface area contributed by atoms with E-state index < -0.39 is 28.8 Å². The van der Waals surface area contributed by atoms with Gasteiger partial charge in [0.1, 0.15) is 10.6 Å². The molecule has 0 aliphatic heterocycles. The first-order chi connectivity index (χ1) is 12.0. The second-order valence-electron chi connectivity index (χ2n) is 4.83. The van der Waals surface area contributed by atoms with Crippen molar-refractivity contribution in [1.82, 2.24) is 4.72 Å². The number of rotatable bonds is 7. The smallest absolute Gasteiger partial charge is 0.768 e. The molecule has 2 rings (SSSR count). The van der Waals surface area contributed by atoms with E-state index in [-0.39, 0.29) is 55.9 Å². The average Bonchev–Trinajstić information content (AvgIpc) is 2.55. The molecule has 0 aromatic heterocycles. The first-order valence-corrected chi connectivity index (χ1v) is 10.7. The van der Waals surface area contributed by atoms with Crippen LogP contribution < -0.4 is 43.7 Å². The molecule has 2 aromatic rings. The van der Waals surface area contributed by atoms with Crippen molar-refractivity contribution in [1.29, 1.82) is 0 Å². The van der Waals surface area contributed by atoms with Crippen LogP contribution in [0.25, 0.3) is 0 Å². The summed E-state index contributed by atoms with van der Waals surface area (Å²) in [7, 11) is -8.95. The summed E-state index contributed by atoms with van der Waals surface area (Å²) in [4.78, 5) is 21.4. The Labute approximate surface area is 186 Å². The molecule has 0 saturated carbocycles. The second-order valence-corrected chi connectivity index (χ2v) is 9.13. The van der Waals surface area contributed by atoms with Crippen LogP contribution in [0.1, 0.15) is 0 Å². The van der Waals surface area contributed by atoms with Gasteiger partial charge >= 0.3 is 29.6 Å². The maximum Gasteiger partial charge on any atom is 1.00 e. The number of nitro benzene ring substituents is 1. The molecular weight excluding hydrogens is 453 g/mol. The molecule has 2 aromatic carbocycles. The molecule has 0 spiro atoms. The van der Waals surface area contributed by atoms with E-state index in [1.54, 1.807) is 0 Å². The number of non-ortho nitro benzene ring substituents is 1. The van der Waals surface area contributed by atoms with Gasteiger partial charge in [-0.1, -0.05) is 23.2 Å². The molecule has 14 heteroatoms. The molecule has 0 aliphatic rings. The van der Waals surface area contributed by atoms with Crippen LogP contribution in [0.5, 0.6) is 5.75 Å². The predicted octanol–water partition coefficient (Wildman–Crippen LogP) is -0.226. The van der Waals surface area contributed by atoms with Gasteiger partial charge < -0.3 is 9.42 Å². The minimum absolute atomic E-state index is 0. The fourth-order valence-corrected chi connectivity index (χ4v) is 4.99. The molecular formula is C13H10Cl2N2NaO7PS. The molecule has 0 bridgehead atoms. The maximum atomic E-state index is 12.2. The zero-order valence-corrected chi connectivity index (χ0v) is 18.9. The van der Waals surface area contributed by atoms with Crippen LogP contribution in [-0.2, 0) is 14.6 Å². The molecule has 0 saturated heterocycles. The maximum absolute atomic E-state index is 12.2. The molecule has 0 aliphatic carbocycles. The summed E-state index contributed by atoms with van der Waals surface area (Å²) in [5.41, 5.74) is -0.255. The minimum atomic E-state index is -4.68. The van der Waals surface area contributed by atoms with Crippen molar-refractivity contribution in [3.63, 3.8) is 0 Å². The third-order valence-electron chi connectivity index (χ3n) is 2.92. The summed E-state index contributed by atoms with van der Waals surface area (Å²) in [6.07, 6.45) is -1.06. The Morgan fingerprint density at radius 3 is 2.30 bits per heavy atom. The van der Waals surface area contributed by atoms with Gasteiger partial charge in [0.15, 0.2) is 7.60 Å². The minimum Gasteiger partial charge on any atom is -0.768 e. The number of nitro groups is 1. The van der Waals surface area contributed by atoms with Gasteiger partial charge in [0.2, 0.25) is 10.0 Å². The molecule has 27 heavy (non-hydrogen) atoms. The average molecular weight is 463 g/mol. The van der Waals surface area contributed by atoms with Crippen LogP contribution in [0.15, 0.2) is 47.4 Å².